The summed E-state index contributed by atoms with van der Waals surface area (Å²) in [5.74, 6) is 1.90. The summed E-state index contributed by atoms with van der Waals surface area (Å²) in [5.41, 5.74) is 2.59. The first-order valence-electron chi connectivity index (χ1n) is 7.36. The molecule has 1 aromatic carbocycles. The second-order valence-corrected chi connectivity index (χ2v) is 5.70. The lowest BCUT2D eigenvalue weighted by molar-refractivity contribution is 0.439. The van der Waals surface area contributed by atoms with Gasteiger partial charge in [0.25, 0.3) is 0 Å². The molecule has 0 aliphatic rings. The Labute approximate surface area is 144 Å². The number of aryl methyl sites for hydroxylation is 3. The van der Waals surface area contributed by atoms with Crippen molar-refractivity contribution >= 4 is 23.1 Å². The third kappa shape index (κ3) is 4.17. The van der Waals surface area contributed by atoms with Crippen molar-refractivity contribution in [3.05, 3.63) is 58.8 Å². The maximum Gasteiger partial charge on any atom is 0.322 e. The van der Waals surface area contributed by atoms with Crippen molar-refractivity contribution in [2.45, 2.75) is 20.8 Å². The molecular weight excluding hydrogens is 326 g/mol. The van der Waals surface area contributed by atoms with Crippen LogP contribution >= 0.6 is 11.6 Å². The van der Waals surface area contributed by atoms with Gasteiger partial charge in [-0.05, 0) is 51.1 Å². The highest BCUT2D eigenvalue weighted by Gasteiger charge is 2.04. The number of hydrogen-bond donors (Lipinski definition) is 1. The molecule has 0 atom stereocenters. The van der Waals surface area contributed by atoms with E-state index in [0.717, 1.165) is 17.1 Å². The van der Waals surface area contributed by atoms with Crippen LogP contribution in [0, 0.1) is 20.8 Å². The minimum atomic E-state index is 0.339. The lowest BCUT2D eigenvalue weighted by atomic mass is 10.3. The summed E-state index contributed by atoms with van der Waals surface area (Å²) in [5, 5.41) is 3.57. The lowest BCUT2D eigenvalue weighted by Gasteiger charge is -2.08. The SMILES string of the molecule is Cc1cc(C)nc(Oc2ccc(Nc3cc(Cl)nc(C)n3)cc2)n1. The van der Waals surface area contributed by atoms with E-state index in [1.54, 1.807) is 13.0 Å². The summed E-state index contributed by atoms with van der Waals surface area (Å²) >= 11 is 5.93. The Morgan fingerprint density at radius 1 is 0.875 bits per heavy atom. The van der Waals surface area contributed by atoms with Gasteiger partial charge in [-0.15, -0.1) is 0 Å². The van der Waals surface area contributed by atoms with Crippen LogP contribution in [0.15, 0.2) is 36.4 Å². The molecule has 0 amide bonds. The van der Waals surface area contributed by atoms with Crippen LogP contribution in [-0.4, -0.2) is 19.9 Å². The Balaban J connectivity index is 1.73. The molecule has 0 unspecified atom stereocenters. The molecule has 0 bridgehead atoms. The predicted molar refractivity (Wildman–Crippen MR) is 93.1 cm³/mol. The van der Waals surface area contributed by atoms with Crippen molar-refractivity contribution < 1.29 is 4.74 Å². The average Bonchev–Trinajstić information content (AvgIpc) is 2.47. The zero-order valence-corrected chi connectivity index (χ0v) is 14.3. The summed E-state index contributed by atoms with van der Waals surface area (Å²) in [6.07, 6.45) is 0. The van der Waals surface area contributed by atoms with Gasteiger partial charge in [0.15, 0.2) is 0 Å². The third-order valence-electron chi connectivity index (χ3n) is 3.10. The minimum absolute atomic E-state index is 0.339. The molecule has 0 radical (unpaired) electrons. The van der Waals surface area contributed by atoms with Crippen molar-refractivity contribution in [1.29, 1.82) is 0 Å². The molecular formula is C17H16ClN5O. The number of ether oxygens (including phenoxy) is 1. The molecule has 2 aromatic heterocycles. The van der Waals surface area contributed by atoms with E-state index in [-0.39, 0.29) is 0 Å². The number of anilines is 2. The molecule has 3 rings (SSSR count). The van der Waals surface area contributed by atoms with Gasteiger partial charge < -0.3 is 10.1 Å². The molecule has 0 fully saturated rings. The van der Waals surface area contributed by atoms with Crippen LogP contribution in [0.4, 0.5) is 11.5 Å². The largest absolute Gasteiger partial charge is 0.424 e. The number of rotatable bonds is 4. The van der Waals surface area contributed by atoms with Crippen molar-refractivity contribution in [3.63, 3.8) is 0 Å². The zero-order valence-electron chi connectivity index (χ0n) is 13.5. The van der Waals surface area contributed by atoms with E-state index >= 15 is 0 Å². The Morgan fingerprint density at radius 2 is 1.54 bits per heavy atom. The van der Waals surface area contributed by atoms with E-state index in [1.165, 1.54) is 0 Å². The molecule has 3 aromatic rings. The van der Waals surface area contributed by atoms with Crippen molar-refractivity contribution in [2.75, 3.05) is 5.32 Å². The van der Waals surface area contributed by atoms with Gasteiger partial charge in [0, 0.05) is 23.1 Å². The van der Waals surface area contributed by atoms with E-state index < -0.39 is 0 Å². The molecule has 2 heterocycles. The van der Waals surface area contributed by atoms with E-state index in [4.69, 9.17) is 16.3 Å². The maximum absolute atomic E-state index is 5.93. The normalized spacial score (nSPS) is 10.5. The van der Waals surface area contributed by atoms with Gasteiger partial charge in [0.1, 0.15) is 22.5 Å². The van der Waals surface area contributed by atoms with Crippen molar-refractivity contribution in [3.8, 4) is 11.8 Å². The molecule has 0 saturated carbocycles. The summed E-state index contributed by atoms with van der Waals surface area (Å²) < 4.78 is 5.69. The summed E-state index contributed by atoms with van der Waals surface area (Å²) in [4.78, 5) is 16.8. The Kier molecular flexibility index (Phi) is 4.57. The molecule has 0 aliphatic carbocycles. The summed E-state index contributed by atoms with van der Waals surface area (Å²) in [6.45, 7) is 5.60. The number of benzene rings is 1. The van der Waals surface area contributed by atoms with Gasteiger partial charge in [-0.2, -0.15) is 0 Å². The minimum Gasteiger partial charge on any atom is -0.424 e. The van der Waals surface area contributed by atoms with Crippen LogP contribution < -0.4 is 10.1 Å². The van der Waals surface area contributed by atoms with Crippen LogP contribution in [0.1, 0.15) is 17.2 Å². The fourth-order valence-corrected chi connectivity index (χ4v) is 2.42. The molecule has 0 spiro atoms. The van der Waals surface area contributed by atoms with Crippen LogP contribution in [-0.2, 0) is 0 Å². The van der Waals surface area contributed by atoms with Crippen LogP contribution in [0.5, 0.6) is 11.8 Å². The van der Waals surface area contributed by atoms with Gasteiger partial charge in [-0.3, -0.25) is 0 Å². The molecule has 0 aliphatic heterocycles. The smallest absolute Gasteiger partial charge is 0.322 e. The summed E-state index contributed by atoms with van der Waals surface area (Å²) in [7, 11) is 0. The average molecular weight is 342 g/mol. The van der Waals surface area contributed by atoms with Crippen molar-refractivity contribution in [1.82, 2.24) is 19.9 Å². The Bertz CT molecular complexity index is 754. The standard InChI is InChI=1S/C17H16ClN5O/c1-10-8-11(2)20-17(19-10)24-14-6-4-13(5-7-14)23-16-9-15(18)21-12(3)22-16/h4-9H,1-3H3,(H,21,22,23). The highest BCUT2D eigenvalue weighted by atomic mass is 35.5. The first-order chi connectivity index (χ1) is 11.5. The highest BCUT2D eigenvalue weighted by Crippen LogP contribution is 2.23. The van der Waals surface area contributed by atoms with Crippen LogP contribution in [0.3, 0.4) is 0 Å². The number of halogens is 1. The summed E-state index contributed by atoms with van der Waals surface area (Å²) in [6, 6.07) is 11.3. The Morgan fingerprint density at radius 3 is 2.17 bits per heavy atom. The fraction of sp³-hybridized carbons (Fsp3) is 0.176. The number of aromatic nitrogens is 4. The molecule has 6 nitrogen and oxygen atoms in total. The third-order valence-corrected chi connectivity index (χ3v) is 3.30. The molecule has 0 saturated heterocycles. The van der Waals surface area contributed by atoms with E-state index in [9.17, 15) is 0 Å². The number of nitrogens with zero attached hydrogens (tertiary/aromatic N) is 4. The Hall–Kier alpha value is -2.73. The maximum atomic E-state index is 5.93. The first kappa shape index (κ1) is 16.1. The van der Waals surface area contributed by atoms with Gasteiger partial charge in [-0.1, -0.05) is 11.6 Å². The van der Waals surface area contributed by atoms with Gasteiger partial charge in [-0.25, -0.2) is 19.9 Å². The molecule has 122 valence electrons. The molecule has 24 heavy (non-hydrogen) atoms. The monoisotopic (exact) mass is 341 g/mol. The molecule has 7 heteroatoms. The van der Waals surface area contributed by atoms with E-state index in [2.05, 4.69) is 25.3 Å². The van der Waals surface area contributed by atoms with Gasteiger partial charge >= 0.3 is 6.01 Å². The zero-order chi connectivity index (χ0) is 17.1. The second-order valence-electron chi connectivity index (χ2n) is 5.31. The fourth-order valence-electron chi connectivity index (χ4n) is 2.19. The first-order valence-corrected chi connectivity index (χ1v) is 7.74. The van der Waals surface area contributed by atoms with E-state index in [0.29, 0.717) is 28.6 Å². The highest BCUT2D eigenvalue weighted by molar-refractivity contribution is 6.29. The van der Waals surface area contributed by atoms with E-state index in [1.807, 2.05) is 44.2 Å². The van der Waals surface area contributed by atoms with Crippen LogP contribution in [0.25, 0.3) is 0 Å². The van der Waals surface area contributed by atoms with Crippen LogP contribution in [0.2, 0.25) is 5.15 Å². The van der Waals surface area contributed by atoms with Gasteiger partial charge in [0.2, 0.25) is 0 Å². The number of hydrogen-bond acceptors (Lipinski definition) is 6. The number of nitrogens with one attached hydrogen (secondary N) is 1. The quantitative estimate of drug-likeness (QED) is 0.710. The topological polar surface area (TPSA) is 72.8 Å². The molecule has 1 N–H and O–H groups in total. The van der Waals surface area contributed by atoms with Gasteiger partial charge in [0.05, 0.1) is 0 Å². The van der Waals surface area contributed by atoms with Crippen molar-refractivity contribution in [2.24, 2.45) is 0 Å². The lowest BCUT2D eigenvalue weighted by Crippen LogP contribution is -1.98. The predicted octanol–water partition coefficient (Wildman–Crippen LogP) is 4.38. The second kappa shape index (κ2) is 6.80.